The van der Waals surface area contributed by atoms with Gasteiger partial charge >= 0.3 is 5.97 Å². The molecule has 0 atom stereocenters. The number of carboxylic acids is 1. The minimum atomic E-state index is -0.909. The molecule has 0 radical (unpaired) electrons. The molecule has 2 aromatic rings. The zero-order valence-electron chi connectivity index (χ0n) is 10.5. The molecule has 1 aromatic heterocycles. The van der Waals surface area contributed by atoms with Gasteiger partial charge in [0.2, 0.25) is 0 Å². The number of aliphatic carboxylic acids is 1. The van der Waals surface area contributed by atoms with Crippen LogP contribution in [0.5, 0.6) is 0 Å². The Balaban J connectivity index is 1.97. The number of carbonyl (C=O) groups is 1. The third kappa shape index (κ3) is 4.39. The Bertz CT molecular complexity index is 559. The van der Waals surface area contributed by atoms with E-state index in [4.69, 9.17) is 5.11 Å². The maximum absolute atomic E-state index is 10.4. The van der Waals surface area contributed by atoms with Crippen molar-refractivity contribution in [3.63, 3.8) is 0 Å². The summed E-state index contributed by atoms with van der Waals surface area (Å²) in [6.07, 6.45) is 7.95. The van der Waals surface area contributed by atoms with E-state index in [0.29, 0.717) is 6.42 Å². The van der Waals surface area contributed by atoms with E-state index >= 15 is 0 Å². The van der Waals surface area contributed by atoms with Crippen LogP contribution in [0.4, 0.5) is 0 Å². The lowest BCUT2D eigenvalue weighted by molar-refractivity contribution is -0.131. The minimum Gasteiger partial charge on any atom is -0.478 e. The Morgan fingerprint density at radius 3 is 2.47 bits per heavy atom. The first-order valence-electron chi connectivity index (χ1n) is 6.10. The highest BCUT2D eigenvalue weighted by Crippen LogP contribution is 2.10. The molecule has 96 valence electrons. The molecule has 3 heteroatoms. The molecule has 1 aromatic carbocycles. The van der Waals surface area contributed by atoms with E-state index in [0.717, 1.165) is 12.0 Å². The van der Waals surface area contributed by atoms with Crippen LogP contribution in [0.2, 0.25) is 0 Å². The van der Waals surface area contributed by atoms with Gasteiger partial charge in [0.1, 0.15) is 0 Å². The highest BCUT2D eigenvalue weighted by molar-refractivity contribution is 5.79. The van der Waals surface area contributed by atoms with Crippen molar-refractivity contribution in [2.24, 2.45) is 0 Å². The summed E-state index contributed by atoms with van der Waals surface area (Å²) in [6.45, 7) is 0. The van der Waals surface area contributed by atoms with E-state index in [9.17, 15) is 4.79 Å². The van der Waals surface area contributed by atoms with E-state index < -0.39 is 5.97 Å². The van der Waals surface area contributed by atoms with Crippen molar-refractivity contribution in [3.8, 4) is 0 Å². The summed E-state index contributed by atoms with van der Waals surface area (Å²) in [4.78, 5) is 14.4. The van der Waals surface area contributed by atoms with Crippen LogP contribution in [-0.2, 0) is 17.6 Å². The largest absolute Gasteiger partial charge is 0.478 e. The summed E-state index contributed by atoms with van der Waals surface area (Å²) in [5, 5.41) is 8.51. The van der Waals surface area contributed by atoms with Crippen LogP contribution in [0.1, 0.15) is 16.7 Å². The van der Waals surface area contributed by atoms with Gasteiger partial charge in [-0.2, -0.15) is 0 Å². The zero-order valence-corrected chi connectivity index (χ0v) is 10.5. The minimum absolute atomic E-state index is 0.638. The SMILES string of the molecule is O=C(O)C=CCc1ccc(Cc2cccnc2)cc1. The summed E-state index contributed by atoms with van der Waals surface area (Å²) < 4.78 is 0. The van der Waals surface area contributed by atoms with E-state index in [2.05, 4.69) is 23.2 Å². The van der Waals surface area contributed by atoms with Crippen LogP contribution >= 0.6 is 0 Å². The van der Waals surface area contributed by atoms with Crippen molar-refractivity contribution in [1.82, 2.24) is 4.98 Å². The molecule has 0 unspecified atom stereocenters. The maximum atomic E-state index is 10.4. The third-order valence-electron chi connectivity index (χ3n) is 2.77. The van der Waals surface area contributed by atoms with Crippen molar-refractivity contribution in [1.29, 1.82) is 0 Å². The summed E-state index contributed by atoms with van der Waals surface area (Å²) in [6, 6.07) is 12.2. The molecule has 2 rings (SSSR count). The van der Waals surface area contributed by atoms with Crippen LogP contribution in [0.25, 0.3) is 0 Å². The average Bonchev–Trinajstić information content (AvgIpc) is 2.42. The molecule has 0 bridgehead atoms. The summed E-state index contributed by atoms with van der Waals surface area (Å²) >= 11 is 0. The predicted octanol–water partition coefficient (Wildman–Crippen LogP) is 2.86. The van der Waals surface area contributed by atoms with Crippen molar-refractivity contribution >= 4 is 5.97 Å². The molecule has 0 aliphatic rings. The van der Waals surface area contributed by atoms with Gasteiger partial charge in [-0.05, 0) is 35.6 Å². The van der Waals surface area contributed by atoms with Gasteiger partial charge in [-0.15, -0.1) is 0 Å². The highest BCUT2D eigenvalue weighted by Gasteiger charge is 1.97. The Morgan fingerprint density at radius 1 is 1.11 bits per heavy atom. The molecule has 0 aliphatic heterocycles. The Hall–Kier alpha value is -2.42. The van der Waals surface area contributed by atoms with E-state index in [1.165, 1.54) is 17.2 Å². The first-order chi connectivity index (χ1) is 9.24. The van der Waals surface area contributed by atoms with Gasteiger partial charge in [-0.1, -0.05) is 36.4 Å². The number of hydrogen-bond donors (Lipinski definition) is 1. The number of aromatic nitrogens is 1. The molecule has 0 aliphatic carbocycles. The monoisotopic (exact) mass is 253 g/mol. The number of allylic oxidation sites excluding steroid dienone is 1. The molecule has 0 fully saturated rings. The lowest BCUT2D eigenvalue weighted by atomic mass is 10.0. The predicted molar refractivity (Wildman–Crippen MR) is 74.0 cm³/mol. The number of carboxylic acid groups (broad SMARTS) is 1. The van der Waals surface area contributed by atoms with E-state index in [1.807, 2.05) is 24.4 Å². The topological polar surface area (TPSA) is 50.2 Å². The lowest BCUT2D eigenvalue weighted by Gasteiger charge is -2.02. The fraction of sp³-hybridized carbons (Fsp3) is 0.125. The molecule has 0 saturated heterocycles. The van der Waals surface area contributed by atoms with Crippen molar-refractivity contribution in [2.45, 2.75) is 12.8 Å². The van der Waals surface area contributed by atoms with Crippen LogP contribution in [0, 0.1) is 0 Å². The lowest BCUT2D eigenvalue weighted by Crippen LogP contribution is -1.90. The second-order valence-corrected chi connectivity index (χ2v) is 4.30. The number of hydrogen-bond acceptors (Lipinski definition) is 2. The van der Waals surface area contributed by atoms with Crippen molar-refractivity contribution in [3.05, 3.63) is 77.6 Å². The smallest absolute Gasteiger partial charge is 0.327 e. The van der Waals surface area contributed by atoms with Gasteiger partial charge in [0.05, 0.1) is 0 Å². The maximum Gasteiger partial charge on any atom is 0.327 e. The van der Waals surface area contributed by atoms with Gasteiger partial charge in [0.15, 0.2) is 0 Å². The number of rotatable bonds is 5. The van der Waals surface area contributed by atoms with Crippen LogP contribution in [-0.4, -0.2) is 16.1 Å². The number of benzene rings is 1. The standard InChI is InChI=1S/C16H15NO2/c18-16(19)5-1-3-13-6-8-14(9-7-13)11-15-4-2-10-17-12-15/h1-2,4-10,12H,3,11H2,(H,18,19). The van der Waals surface area contributed by atoms with Gasteiger partial charge in [-0.3, -0.25) is 4.98 Å². The second-order valence-electron chi connectivity index (χ2n) is 4.30. The van der Waals surface area contributed by atoms with Crippen molar-refractivity contribution < 1.29 is 9.90 Å². The van der Waals surface area contributed by atoms with E-state index in [1.54, 1.807) is 12.3 Å². The average molecular weight is 253 g/mol. The number of pyridine rings is 1. The van der Waals surface area contributed by atoms with Gasteiger partial charge in [0.25, 0.3) is 0 Å². The molecule has 3 nitrogen and oxygen atoms in total. The third-order valence-corrected chi connectivity index (χ3v) is 2.77. The van der Waals surface area contributed by atoms with Crippen LogP contribution < -0.4 is 0 Å². The molecule has 0 saturated carbocycles. The highest BCUT2D eigenvalue weighted by atomic mass is 16.4. The molecule has 1 N–H and O–H groups in total. The normalized spacial score (nSPS) is 10.7. The first kappa shape index (κ1) is 13.0. The Morgan fingerprint density at radius 2 is 1.84 bits per heavy atom. The molecule has 19 heavy (non-hydrogen) atoms. The summed E-state index contributed by atoms with van der Waals surface area (Å²) in [5.74, 6) is -0.909. The summed E-state index contributed by atoms with van der Waals surface area (Å²) in [7, 11) is 0. The van der Waals surface area contributed by atoms with E-state index in [-0.39, 0.29) is 0 Å². The fourth-order valence-electron chi connectivity index (χ4n) is 1.83. The zero-order chi connectivity index (χ0) is 13.5. The second kappa shape index (κ2) is 6.50. The molecular formula is C16H15NO2. The first-order valence-corrected chi connectivity index (χ1v) is 6.10. The van der Waals surface area contributed by atoms with Gasteiger partial charge < -0.3 is 5.11 Å². The quantitative estimate of drug-likeness (QED) is 0.833. The molecule has 0 amide bonds. The van der Waals surface area contributed by atoms with Crippen LogP contribution in [0.3, 0.4) is 0 Å². The van der Waals surface area contributed by atoms with Crippen molar-refractivity contribution in [2.75, 3.05) is 0 Å². The Labute approximate surface area is 112 Å². The van der Waals surface area contributed by atoms with Gasteiger partial charge in [0, 0.05) is 18.5 Å². The molecule has 0 spiro atoms. The Kier molecular flexibility index (Phi) is 4.45. The molecular weight excluding hydrogens is 238 g/mol. The summed E-state index contributed by atoms with van der Waals surface area (Å²) in [5.41, 5.74) is 3.51. The molecule has 1 heterocycles. The fourth-order valence-corrected chi connectivity index (χ4v) is 1.83. The van der Waals surface area contributed by atoms with Crippen LogP contribution in [0.15, 0.2) is 60.9 Å². The number of nitrogens with zero attached hydrogens (tertiary/aromatic N) is 1. The van der Waals surface area contributed by atoms with Gasteiger partial charge in [-0.25, -0.2) is 4.79 Å².